The van der Waals surface area contributed by atoms with Crippen molar-refractivity contribution in [3.63, 3.8) is 0 Å². The molecule has 21 heavy (non-hydrogen) atoms. The zero-order valence-electron chi connectivity index (χ0n) is 11.5. The molecule has 1 aliphatic rings. The number of aryl methyl sites for hydroxylation is 1. The Morgan fingerprint density at radius 2 is 2.14 bits per heavy atom. The van der Waals surface area contributed by atoms with Crippen molar-refractivity contribution in [1.29, 1.82) is 0 Å². The number of imidazole rings is 1. The Kier molecular flexibility index (Phi) is 2.96. The molecule has 1 atom stereocenters. The van der Waals surface area contributed by atoms with E-state index in [9.17, 15) is 0 Å². The Morgan fingerprint density at radius 1 is 1.29 bits per heavy atom. The van der Waals surface area contributed by atoms with Crippen molar-refractivity contribution < 1.29 is 0 Å². The smallest absolute Gasteiger partial charge is 0.203 e. The summed E-state index contributed by atoms with van der Waals surface area (Å²) in [4.78, 5) is 8.99. The molecule has 2 aromatic heterocycles. The number of hydrogen-bond acceptors (Lipinski definition) is 3. The number of benzene rings is 1. The largest absolute Gasteiger partial charge is 0.369 e. The fourth-order valence-electron chi connectivity index (χ4n) is 3.28. The highest BCUT2D eigenvalue weighted by molar-refractivity contribution is 9.10. The van der Waals surface area contributed by atoms with E-state index >= 15 is 0 Å². The van der Waals surface area contributed by atoms with Crippen LogP contribution in [0, 0.1) is 0 Å². The molecule has 1 aliphatic carbocycles. The maximum atomic E-state index is 6.19. The fraction of sp³-hybridized carbons (Fsp3) is 0.250. The van der Waals surface area contributed by atoms with Crippen molar-refractivity contribution >= 4 is 33.0 Å². The molecule has 4 nitrogen and oxygen atoms in total. The molecule has 0 saturated heterocycles. The highest BCUT2D eigenvalue weighted by atomic mass is 79.9. The maximum Gasteiger partial charge on any atom is 0.203 e. The zero-order chi connectivity index (χ0) is 14.4. The van der Waals surface area contributed by atoms with Gasteiger partial charge in [0.1, 0.15) is 5.52 Å². The molecule has 3 aromatic rings. The lowest BCUT2D eigenvalue weighted by atomic mass is 9.87. The fourth-order valence-corrected chi connectivity index (χ4v) is 3.60. The number of nitrogen functional groups attached to an aromatic ring is 1. The van der Waals surface area contributed by atoms with E-state index < -0.39 is 0 Å². The lowest BCUT2D eigenvalue weighted by Gasteiger charge is -2.27. The monoisotopic (exact) mass is 342 g/mol. The van der Waals surface area contributed by atoms with Crippen molar-refractivity contribution in [2.75, 3.05) is 5.73 Å². The second-order valence-corrected chi connectivity index (χ2v) is 6.36. The van der Waals surface area contributed by atoms with E-state index in [4.69, 9.17) is 5.73 Å². The number of nitrogens with two attached hydrogens (primary N) is 1. The number of hydrogen-bond donors (Lipinski definition) is 1. The molecule has 0 radical (unpaired) electrons. The summed E-state index contributed by atoms with van der Waals surface area (Å²) in [5.41, 5.74) is 10.6. The first-order valence-electron chi connectivity index (χ1n) is 7.11. The molecule has 0 spiro atoms. The number of fused-ring (bicyclic) bond motifs is 2. The summed E-state index contributed by atoms with van der Waals surface area (Å²) in [6.07, 6.45) is 5.18. The van der Waals surface area contributed by atoms with Crippen LogP contribution < -0.4 is 5.73 Å². The molecule has 1 unspecified atom stereocenters. The van der Waals surface area contributed by atoms with Crippen LogP contribution in [0.2, 0.25) is 0 Å². The van der Waals surface area contributed by atoms with Gasteiger partial charge in [-0.1, -0.05) is 24.3 Å². The molecule has 0 fully saturated rings. The van der Waals surface area contributed by atoms with E-state index in [0.29, 0.717) is 5.95 Å². The van der Waals surface area contributed by atoms with E-state index in [1.165, 1.54) is 11.1 Å². The molecule has 5 heteroatoms. The van der Waals surface area contributed by atoms with Crippen molar-refractivity contribution in [2.24, 2.45) is 0 Å². The second kappa shape index (κ2) is 4.84. The van der Waals surface area contributed by atoms with Gasteiger partial charge in [-0.3, -0.25) is 4.57 Å². The Labute approximate surface area is 131 Å². The van der Waals surface area contributed by atoms with Crippen molar-refractivity contribution in [2.45, 2.75) is 25.3 Å². The van der Waals surface area contributed by atoms with Crippen LogP contribution in [0.25, 0.3) is 11.2 Å². The maximum absolute atomic E-state index is 6.19. The number of pyridine rings is 1. The molecular weight excluding hydrogens is 328 g/mol. The summed E-state index contributed by atoms with van der Waals surface area (Å²) in [7, 11) is 0. The van der Waals surface area contributed by atoms with E-state index in [-0.39, 0.29) is 6.04 Å². The van der Waals surface area contributed by atoms with Gasteiger partial charge in [0.15, 0.2) is 5.65 Å². The van der Waals surface area contributed by atoms with Crippen LogP contribution in [0.3, 0.4) is 0 Å². The molecule has 0 aliphatic heterocycles. The summed E-state index contributed by atoms with van der Waals surface area (Å²) in [6.45, 7) is 0. The molecule has 4 rings (SSSR count). The minimum absolute atomic E-state index is 0.230. The van der Waals surface area contributed by atoms with E-state index in [1.807, 2.05) is 6.07 Å². The van der Waals surface area contributed by atoms with Crippen molar-refractivity contribution in [3.8, 4) is 0 Å². The summed E-state index contributed by atoms with van der Waals surface area (Å²) in [5, 5.41) is 0. The summed E-state index contributed by atoms with van der Waals surface area (Å²) >= 11 is 3.44. The summed E-state index contributed by atoms with van der Waals surface area (Å²) < 4.78 is 3.00. The Morgan fingerprint density at radius 3 is 3.05 bits per heavy atom. The normalized spacial score (nSPS) is 17.9. The third kappa shape index (κ3) is 2.03. The van der Waals surface area contributed by atoms with Crippen LogP contribution in [0.15, 0.2) is 41.0 Å². The number of anilines is 1. The topological polar surface area (TPSA) is 56.7 Å². The lowest BCUT2D eigenvalue weighted by Crippen LogP contribution is -2.19. The Bertz CT molecular complexity index is 824. The van der Waals surface area contributed by atoms with Crippen molar-refractivity contribution in [1.82, 2.24) is 14.5 Å². The first kappa shape index (κ1) is 12.8. The van der Waals surface area contributed by atoms with Crippen LogP contribution in [-0.4, -0.2) is 14.5 Å². The van der Waals surface area contributed by atoms with Crippen LogP contribution in [0.5, 0.6) is 0 Å². The standard InChI is InChI=1S/C16H15BrN4/c17-11-8-13-15(19-9-11)21(16(18)20-13)14-7-3-5-10-4-1-2-6-12(10)14/h1-2,4,6,8-9,14H,3,5,7H2,(H2,18,20). The summed E-state index contributed by atoms with van der Waals surface area (Å²) in [6, 6.07) is 10.8. The van der Waals surface area contributed by atoms with Gasteiger partial charge in [0.25, 0.3) is 0 Å². The van der Waals surface area contributed by atoms with Gasteiger partial charge in [-0.25, -0.2) is 9.97 Å². The molecular formula is C16H15BrN4. The molecule has 1 aromatic carbocycles. The number of halogens is 1. The van der Waals surface area contributed by atoms with Crippen LogP contribution in [0.4, 0.5) is 5.95 Å². The Balaban J connectivity index is 1.94. The third-order valence-electron chi connectivity index (χ3n) is 4.17. The minimum atomic E-state index is 0.230. The average molecular weight is 343 g/mol. The number of nitrogens with zero attached hydrogens (tertiary/aromatic N) is 3. The highest BCUT2D eigenvalue weighted by Gasteiger charge is 2.25. The van der Waals surface area contributed by atoms with Crippen LogP contribution in [-0.2, 0) is 6.42 Å². The molecule has 0 saturated carbocycles. The molecule has 2 N–H and O–H groups in total. The van der Waals surface area contributed by atoms with Gasteiger partial charge in [0, 0.05) is 10.7 Å². The van der Waals surface area contributed by atoms with E-state index in [0.717, 1.165) is 34.9 Å². The SMILES string of the molecule is Nc1nc2cc(Br)cnc2n1C1CCCc2ccccc21. The van der Waals surface area contributed by atoms with Gasteiger partial charge in [0.05, 0.1) is 6.04 Å². The molecule has 106 valence electrons. The highest BCUT2D eigenvalue weighted by Crippen LogP contribution is 2.36. The van der Waals surface area contributed by atoms with E-state index in [2.05, 4.69) is 54.7 Å². The number of aromatic nitrogens is 3. The zero-order valence-corrected chi connectivity index (χ0v) is 13.0. The predicted molar refractivity (Wildman–Crippen MR) is 87.2 cm³/mol. The third-order valence-corrected chi connectivity index (χ3v) is 4.61. The molecule has 0 bridgehead atoms. The minimum Gasteiger partial charge on any atom is -0.369 e. The van der Waals surface area contributed by atoms with Crippen LogP contribution in [0.1, 0.15) is 30.0 Å². The predicted octanol–water partition coefficient (Wildman–Crippen LogP) is 3.70. The van der Waals surface area contributed by atoms with Gasteiger partial charge in [-0.05, 0) is 52.4 Å². The second-order valence-electron chi connectivity index (χ2n) is 5.44. The van der Waals surface area contributed by atoms with Gasteiger partial charge >= 0.3 is 0 Å². The first-order chi connectivity index (χ1) is 10.2. The van der Waals surface area contributed by atoms with Crippen molar-refractivity contribution in [3.05, 3.63) is 52.1 Å². The molecule has 0 amide bonds. The van der Waals surface area contributed by atoms with Crippen LogP contribution >= 0.6 is 15.9 Å². The summed E-state index contributed by atoms with van der Waals surface area (Å²) in [5.74, 6) is 0.539. The first-order valence-corrected chi connectivity index (χ1v) is 7.90. The quantitative estimate of drug-likeness (QED) is 0.733. The van der Waals surface area contributed by atoms with Gasteiger partial charge in [0.2, 0.25) is 5.95 Å². The Hall–Kier alpha value is -1.88. The lowest BCUT2D eigenvalue weighted by molar-refractivity contribution is 0.502. The van der Waals surface area contributed by atoms with Gasteiger partial charge in [-0.15, -0.1) is 0 Å². The average Bonchev–Trinajstić information content (AvgIpc) is 2.81. The van der Waals surface area contributed by atoms with Gasteiger partial charge in [-0.2, -0.15) is 0 Å². The molecule has 2 heterocycles. The number of rotatable bonds is 1. The van der Waals surface area contributed by atoms with Gasteiger partial charge < -0.3 is 5.73 Å². The van der Waals surface area contributed by atoms with E-state index in [1.54, 1.807) is 6.20 Å².